The quantitative estimate of drug-likeness (QED) is 0.529. The van der Waals surface area contributed by atoms with Gasteiger partial charge in [-0.2, -0.15) is 0 Å². The number of para-hydroxylation sites is 1. The summed E-state index contributed by atoms with van der Waals surface area (Å²) in [6, 6.07) is 15.2. The second-order valence-electron chi connectivity index (χ2n) is 5.75. The van der Waals surface area contributed by atoms with E-state index in [1.54, 1.807) is 30.3 Å². The molecule has 0 aliphatic carbocycles. The van der Waals surface area contributed by atoms with Gasteiger partial charge in [0.15, 0.2) is 0 Å². The van der Waals surface area contributed by atoms with Gasteiger partial charge in [0.05, 0.1) is 22.3 Å². The number of rotatable bonds is 5. The third kappa shape index (κ3) is 3.51. The summed E-state index contributed by atoms with van der Waals surface area (Å²) >= 11 is 0. The lowest BCUT2D eigenvalue weighted by Gasteiger charge is -2.23. The van der Waals surface area contributed by atoms with Crippen molar-refractivity contribution in [3.63, 3.8) is 0 Å². The number of sulfonamides is 1. The van der Waals surface area contributed by atoms with E-state index in [-0.39, 0.29) is 10.6 Å². The molecule has 0 unspecified atom stereocenters. The van der Waals surface area contributed by atoms with Gasteiger partial charge in [-0.3, -0.25) is 19.3 Å². The fourth-order valence-electron chi connectivity index (χ4n) is 2.51. The number of hydrogen-bond donors (Lipinski definition) is 2. The van der Waals surface area contributed by atoms with Gasteiger partial charge in [0.2, 0.25) is 0 Å². The Morgan fingerprint density at radius 1 is 1.15 bits per heavy atom. The van der Waals surface area contributed by atoms with E-state index < -0.39 is 22.5 Å². The Morgan fingerprint density at radius 3 is 2.54 bits per heavy atom. The third-order valence-electron chi connectivity index (χ3n) is 3.88. The van der Waals surface area contributed by atoms with E-state index in [2.05, 4.69) is 4.98 Å². The number of benzene rings is 2. The van der Waals surface area contributed by atoms with Crippen LogP contribution in [0.1, 0.15) is 5.56 Å². The SMILES string of the molecule is Cc1ccc(S(=O)(=O)N(CC(=O)NO)c2cnc3ccccc3c2)cc1. The zero-order valence-corrected chi connectivity index (χ0v) is 14.8. The Morgan fingerprint density at radius 2 is 1.85 bits per heavy atom. The molecule has 3 rings (SSSR count). The van der Waals surface area contributed by atoms with E-state index in [1.165, 1.54) is 23.8 Å². The summed E-state index contributed by atoms with van der Waals surface area (Å²) in [4.78, 5) is 16.0. The van der Waals surface area contributed by atoms with Crippen LogP contribution in [0.2, 0.25) is 0 Å². The number of nitrogens with one attached hydrogen (secondary N) is 1. The number of hydroxylamine groups is 1. The highest BCUT2D eigenvalue weighted by molar-refractivity contribution is 7.92. The van der Waals surface area contributed by atoms with Crippen molar-refractivity contribution in [1.82, 2.24) is 10.5 Å². The number of fused-ring (bicyclic) bond motifs is 1. The van der Waals surface area contributed by atoms with Crippen LogP contribution in [0.3, 0.4) is 0 Å². The summed E-state index contributed by atoms with van der Waals surface area (Å²) < 4.78 is 27.1. The van der Waals surface area contributed by atoms with Crippen molar-refractivity contribution < 1.29 is 18.4 Å². The number of hydrogen-bond acceptors (Lipinski definition) is 5. The number of amides is 1. The maximum atomic E-state index is 13.1. The van der Waals surface area contributed by atoms with Crippen LogP contribution in [0.4, 0.5) is 5.69 Å². The van der Waals surface area contributed by atoms with Gasteiger partial charge in [0, 0.05) is 5.39 Å². The summed E-state index contributed by atoms with van der Waals surface area (Å²) in [6.07, 6.45) is 1.39. The lowest BCUT2D eigenvalue weighted by molar-refractivity contribution is -0.127. The molecule has 8 heteroatoms. The maximum Gasteiger partial charge on any atom is 0.264 e. The highest BCUT2D eigenvalue weighted by atomic mass is 32.2. The van der Waals surface area contributed by atoms with Crippen LogP contribution in [-0.2, 0) is 14.8 Å². The van der Waals surface area contributed by atoms with E-state index >= 15 is 0 Å². The molecule has 3 aromatic rings. The summed E-state index contributed by atoms with van der Waals surface area (Å²) in [5, 5.41) is 9.57. The van der Waals surface area contributed by atoms with E-state index in [0.717, 1.165) is 15.3 Å². The number of anilines is 1. The van der Waals surface area contributed by atoms with E-state index in [0.29, 0.717) is 5.52 Å². The van der Waals surface area contributed by atoms with Crippen molar-refractivity contribution >= 4 is 32.5 Å². The summed E-state index contributed by atoms with van der Waals surface area (Å²) in [7, 11) is -4.02. The molecule has 0 atom stereocenters. The number of carbonyl (C=O) groups excluding carboxylic acids is 1. The normalized spacial score (nSPS) is 11.3. The molecule has 0 aliphatic rings. The first-order valence-electron chi connectivity index (χ1n) is 7.79. The van der Waals surface area contributed by atoms with Crippen molar-refractivity contribution in [3.05, 3.63) is 66.4 Å². The van der Waals surface area contributed by atoms with Crippen LogP contribution in [0.15, 0.2) is 65.7 Å². The molecule has 0 radical (unpaired) electrons. The fourth-order valence-corrected chi connectivity index (χ4v) is 3.91. The predicted molar refractivity (Wildman–Crippen MR) is 97.4 cm³/mol. The minimum atomic E-state index is -4.02. The van der Waals surface area contributed by atoms with Gasteiger partial charge in [-0.1, -0.05) is 35.9 Å². The zero-order valence-electron chi connectivity index (χ0n) is 14.0. The number of pyridine rings is 1. The molecule has 1 heterocycles. The maximum absolute atomic E-state index is 13.1. The number of aryl methyl sites for hydroxylation is 1. The van der Waals surface area contributed by atoms with Crippen LogP contribution >= 0.6 is 0 Å². The average Bonchev–Trinajstić information content (AvgIpc) is 2.65. The predicted octanol–water partition coefficient (Wildman–Crippen LogP) is 2.24. The van der Waals surface area contributed by atoms with Gasteiger partial charge in [-0.15, -0.1) is 0 Å². The lowest BCUT2D eigenvalue weighted by Crippen LogP contribution is -2.40. The zero-order chi connectivity index (χ0) is 18.7. The van der Waals surface area contributed by atoms with Gasteiger partial charge < -0.3 is 0 Å². The molecule has 2 N–H and O–H groups in total. The molecule has 1 aromatic heterocycles. The molecule has 26 heavy (non-hydrogen) atoms. The van der Waals surface area contributed by atoms with E-state index in [9.17, 15) is 13.2 Å². The van der Waals surface area contributed by atoms with Gasteiger partial charge in [0.25, 0.3) is 15.9 Å². The highest BCUT2D eigenvalue weighted by Gasteiger charge is 2.27. The lowest BCUT2D eigenvalue weighted by atomic mass is 10.2. The molecular weight excluding hydrogens is 354 g/mol. The first-order valence-corrected chi connectivity index (χ1v) is 9.23. The highest BCUT2D eigenvalue weighted by Crippen LogP contribution is 2.26. The van der Waals surface area contributed by atoms with Crippen LogP contribution in [-0.4, -0.2) is 31.1 Å². The van der Waals surface area contributed by atoms with Crippen molar-refractivity contribution in [1.29, 1.82) is 0 Å². The van der Waals surface area contributed by atoms with Crippen LogP contribution in [0.5, 0.6) is 0 Å². The standard InChI is InChI=1S/C18H17N3O4S/c1-13-6-8-16(9-7-13)26(24,25)21(12-18(22)20-23)15-10-14-4-2-3-5-17(14)19-11-15/h2-11,23H,12H2,1H3,(H,20,22). The second-order valence-corrected chi connectivity index (χ2v) is 7.61. The fraction of sp³-hybridized carbons (Fsp3) is 0.111. The van der Waals surface area contributed by atoms with Gasteiger partial charge in [-0.25, -0.2) is 13.9 Å². The first-order chi connectivity index (χ1) is 12.4. The average molecular weight is 371 g/mol. The van der Waals surface area contributed by atoms with Crippen molar-refractivity contribution in [2.75, 3.05) is 10.8 Å². The first kappa shape index (κ1) is 17.8. The molecule has 0 saturated carbocycles. The van der Waals surface area contributed by atoms with Crippen molar-refractivity contribution in [2.45, 2.75) is 11.8 Å². The monoisotopic (exact) mass is 371 g/mol. The molecule has 0 aliphatic heterocycles. The topological polar surface area (TPSA) is 99.6 Å². The van der Waals surface area contributed by atoms with Gasteiger partial charge in [0.1, 0.15) is 6.54 Å². The number of nitrogens with zero attached hydrogens (tertiary/aromatic N) is 2. The van der Waals surface area contributed by atoms with Crippen LogP contribution in [0.25, 0.3) is 10.9 Å². The molecule has 134 valence electrons. The minimum absolute atomic E-state index is 0.0435. The third-order valence-corrected chi connectivity index (χ3v) is 5.67. The Bertz CT molecular complexity index is 1050. The van der Waals surface area contributed by atoms with Gasteiger partial charge >= 0.3 is 0 Å². The molecule has 2 aromatic carbocycles. The van der Waals surface area contributed by atoms with Crippen LogP contribution in [0, 0.1) is 6.92 Å². The van der Waals surface area contributed by atoms with E-state index in [1.807, 2.05) is 19.1 Å². The summed E-state index contributed by atoms with van der Waals surface area (Å²) in [6.45, 7) is 1.27. The Balaban J connectivity index is 2.11. The Hall–Kier alpha value is -2.97. The van der Waals surface area contributed by atoms with E-state index in [4.69, 9.17) is 5.21 Å². The van der Waals surface area contributed by atoms with Crippen molar-refractivity contribution in [3.8, 4) is 0 Å². The largest absolute Gasteiger partial charge is 0.289 e. The van der Waals surface area contributed by atoms with Crippen molar-refractivity contribution in [2.24, 2.45) is 0 Å². The number of aromatic nitrogens is 1. The van der Waals surface area contributed by atoms with Gasteiger partial charge in [-0.05, 0) is 31.2 Å². The molecule has 0 saturated heterocycles. The minimum Gasteiger partial charge on any atom is -0.289 e. The molecule has 0 fully saturated rings. The van der Waals surface area contributed by atoms with Crippen LogP contribution < -0.4 is 9.79 Å². The molecule has 7 nitrogen and oxygen atoms in total. The molecule has 1 amide bonds. The summed E-state index contributed by atoms with van der Waals surface area (Å²) in [5.41, 5.74) is 3.32. The number of carbonyl (C=O) groups is 1. The Kier molecular flexibility index (Phi) is 4.88. The Labute approximate surface area is 150 Å². The smallest absolute Gasteiger partial charge is 0.264 e. The molecule has 0 spiro atoms. The molecule has 0 bridgehead atoms. The molecular formula is C18H17N3O4S. The summed E-state index contributed by atoms with van der Waals surface area (Å²) in [5.74, 6) is -0.853. The second kappa shape index (κ2) is 7.11.